The number of aryl methyl sites for hydroxylation is 1. The van der Waals surface area contributed by atoms with Crippen molar-refractivity contribution in [2.24, 2.45) is 0 Å². The molecule has 0 aliphatic heterocycles. The molecule has 0 saturated heterocycles. The fourth-order valence-corrected chi connectivity index (χ4v) is 1.34. The van der Waals surface area contributed by atoms with Gasteiger partial charge in [-0.1, -0.05) is 11.8 Å². The first-order valence-electron chi connectivity index (χ1n) is 3.52. The van der Waals surface area contributed by atoms with E-state index in [0.29, 0.717) is 17.6 Å². The summed E-state index contributed by atoms with van der Waals surface area (Å²) in [4.78, 5) is 3.76. The number of hydrogen-bond acceptors (Lipinski definition) is 3. The molecule has 0 spiro atoms. The van der Waals surface area contributed by atoms with Crippen molar-refractivity contribution in [3.8, 4) is 0 Å². The van der Waals surface area contributed by atoms with Crippen LogP contribution >= 0.6 is 11.8 Å². The van der Waals surface area contributed by atoms with Crippen molar-refractivity contribution < 1.29 is 13.2 Å². The van der Waals surface area contributed by atoms with Crippen molar-refractivity contribution in [1.82, 2.24) is 15.2 Å². The lowest BCUT2D eigenvalue weighted by Gasteiger charge is -2.12. The van der Waals surface area contributed by atoms with E-state index in [1.54, 1.807) is 6.92 Å². The molecule has 1 N–H and O–H groups in total. The summed E-state index contributed by atoms with van der Waals surface area (Å²) in [6.07, 6.45) is -4.21. The number of H-pyrrole nitrogens is 1. The summed E-state index contributed by atoms with van der Waals surface area (Å²) in [5, 5.41) is 4.72. The van der Waals surface area contributed by atoms with E-state index in [0.717, 1.165) is 6.92 Å². The van der Waals surface area contributed by atoms with Gasteiger partial charge in [-0.15, -0.1) is 5.10 Å². The minimum Gasteiger partial charge on any atom is -0.262 e. The van der Waals surface area contributed by atoms with E-state index < -0.39 is 11.4 Å². The fraction of sp³-hybridized carbons (Fsp3) is 0.667. The minimum atomic E-state index is -4.21. The van der Waals surface area contributed by atoms with E-state index in [1.807, 2.05) is 0 Å². The van der Waals surface area contributed by atoms with E-state index in [4.69, 9.17) is 0 Å². The van der Waals surface area contributed by atoms with Gasteiger partial charge in [0.25, 0.3) is 0 Å². The van der Waals surface area contributed by atoms with Gasteiger partial charge in [-0.05, 0) is 13.8 Å². The summed E-state index contributed by atoms with van der Waals surface area (Å²) < 4.78 is 36.2. The Bertz CT molecular complexity index is 283. The molecule has 1 heterocycles. The monoisotopic (exact) mass is 211 g/mol. The number of halogens is 3. The fourth-order valence-electron chi connectivity index (χ4n) is 0.600. The molecule has 74 valence electrons. The number of thioether (sulfide) groups is 1. The maximum absolute atomic E-state index is 12.1. The SMILES string of the molecule is Cc1nc(SC(C)C(F)(F)F)n[nH]1. The van der Waals surface area contributed by atoms with Crippen LogP contribution in [0.3, 0.4) is 0 Å². The Hall–Kier alpha value is -0.720. The second kappa shape index (κ2) is 3.57. The van der Waals surface area contributed by atoms with Gasteiger partial charge in [0.1, 0.15) is 11.1 Å². The molecule has 0 aromatic carbocycles. The summed E-state index contributed by atoms with van der Waals surface area (Å²) in [6, 6.07) is 0. The highest BCUT2D eigenvalue weighted by molar-refractivity contribution is 7.99. The van der Waals surface area contributed by atoms with Gasteiger partial charge < -0.3 is 0 Å². The second-order valence-electron chi connectivity index (χ2n) is 2.51. The molecule has 3 nitrogen and oxygen atoms in total. The van der Waals surface area contributed by atoms with Gasteiger partial charge in [0.2, 0.25) is 5.16 Å². The van der Waals surface area contributed by atoms with Gasteiger partial charge in [-0.2, -0.15) is 13.2 Å². The summed E-state index contributed by atoms with van der Waals surface area (Å²) in [5.41, 5.74) is 0. The molecular formula is C6H8F3N3S. The highest BCUT2D eigenvalue weighted by atomic mass is 32.2. The third kappa shape index (κ3) is 2.91. The second-order valence-corrected chi connectivity index (χ2v) is 3.81. The average Bonchev–Trinajstić information content (AvgIpc) is 2.33. The molecule has 13 heavy (non-hydrogen) atoms. The molecule has 7 heteroatoms. The number of aromatic nitrogens is 3. The van der Waals surface area contributed by atoms with Crippen LogP contribution in [-0.4, -0.2) is 26.6 Å². The van der Waals surface area contributed by atoms with Crippen LogP contribution in [0.15, 0.2) is 5.16 Å². The quantitative estimate of drug-likeness (QED) is 0.762. The lowest BCUT2D eigenvalue weighted by Crippen LogP contribution is -2.22. The van der Waals surface area contributed by atoms with Crippen molar-refractivity contribution in [2.75, 3.05) is 0 Å². The molecule has 1 aromatic rings. The van der Waals surface area contributed by atoms with Crippen molar-refractivity contribution in [3.63, 3.8) is 0 Å². The van der Waals surface area contributed by atoms with Crippen molar-refractivity contribution in [2.45, 2.75) is 30.4 Å². The summed E-state index contributed by atoms with van der Waals surface area (Å²) in [7, 11) is 0. The topological polar surface area (TPSA) is 41.6 Å². The van der Waals surface area contributed by atoms with Crippen LogP contribution in [0, 0.1) is 6.92 Å². The van der Waals surface area contributed by atoms with Crippen LogP contribution in [0.4, 0.5) is 13.2 Å². The predicted octanol–water partition coefficient (Wildman–Crippen LogP) is 2.16. The molecule has 0 aliphatic carbocycles. The first-order chi connectivity index (χ1) is 5.89. The molecular weight excluding hydrogens is 203 g/mol. The number of rotatable bonds is 2. The van der Waals surface area contributed by atoms with Gasteiger partial charge in [-0.3, -0.25) is 5.10 Å². The van der Waals surface area contributed by atoms with Crippen LogP contribution in [0.2, 0.25) is 0 Å². The van der Waals surface area contributed by atoms with Gasteiger partial charge in [0, 0.05) is 0 Å². The summed E-state index contributed by atoms with van der Waals surface area (Å²) >= 11 is 0.593. The molecule has 1 aromatic heterocycles. The highest BCUT2D eigenvalue weighted by Gasteiger charge is 2.37. The van der Waals surface area contributed by atoms with Crippen molar-refractivity contribution in [1.29, 1.82) is 0 Å². The predicted molar refractivity (Wildman–Crippen MR) is 42.5 cm³/mol. The first-order valence-corrected chi connectivity index (χ1v) is 4.40. The third-order valence-corrected chi connectivity index (χ3v) is 2.33. The molecule has 0 bridgehead atoms. The van der Waals surface area contributed by atoms with Gasteiger partial charge in [0.15, 0.2) is 0 Å². The first kappa shape index (κ1) is 10.4. The van der Waals surface area contributed by atoms with Gasteiger partial charge in [0.05, 0.1) is 0 Å². The summed E-state index contributed by atoms with van der Waals surface area (Å²) in [5.74, 6) is 0.511. The molecule has 0 fully saturated rings. The largest absolute Gasteiger partial charge is 0.400 e. The Morgan fingerprint density at radius 2 is 2.08 bits per heavy atom. The smallest absolute Gasteiger partial charge is 0.262 e. The Morgan fingerprint density at radius 1 is 1.46 bits per heavy atom. The maximum atomic E-state index is 12.1. The maximum Gasteiger partial charge on any atom is 0.400 e. The number of alkyl halides is 3. The van der Waals surface area contributed by atoms with E-state index in [1.165, 1.54) is 0 Å². The lowest BCUT2D eigenvalue weighted by atomic mass is 10.5. The zero-order chi connectivity index (χ0) is 10.1. The van der Waals surface area contributed by atoms with Gasteiger partial charge >= 0.3 is 6.18 Å². The number of aromatic amines is 1. The zero-order valence-corrected chi connectivity index (χ0v) is 7.83. The van der Waals surface area contributed by atoms with Crippen LogP contribution < -0.4 is 0 Å². The van der Waals surface area contributed by atoms with Crippen molar-refractivity contribution >= 4 is 11.8 Å². The van der Waals surface area contributed by atoms with E-state index >= 15 is 0 Å². The standard InChI is InChI=1S/C6H8F3N3S/c1-3(6(7,8)9)13-5-10-4(2)11-12-5/h3H,1-2H3,(H,10,11,12). The van der Waals surface area contributed by atoms with Crippen molar-refractivity contribution in [3.05, 3.63) is 5.82 Å². The number of nitrogens with zero attached hydrogens (tertiary/aromatic N) is 2. The number of hydrogen-bond donors (Lipinski definition) is 1. The molecule has 0 saturated carbocycles. The Kier molecular flexibility index (Phi) is 2.84. The third-order valence-electron chi connectivity index (χ3n) is 1.32. The molecule has 0 amide bonds. The molecule has 1 unspecified atom stereocenters. The van der Waals surface area contributed by atoms with Crippen LogP contribution in [0.1, 0.15) is 12.7 Å². The van der Waals surface area contributed by atoms with Crippen LogP contribution in [-0.2, 0) is 0 Å². The van der Waals surface area contributed by atoms with E-state index in [9.17, 15) is 13.2 Å². The molecule has 1 atom stereocenters. The van der Waals surface area contributed by atoms with E-state index in [-0.39, 0.29) is 5.16 Å². The van der Waals surface area contributed by atoms with Gasteiger partial charge in [-0.25, -0.2) is 4.98 Å². The number of nitrogens with one attached hydrogen (secondary N) is 1. The Labute approximate surface area is 77.1 Å². The zero-order valence-electron chi connectivity index (χ0n) is 7.01. The molecule has 0 radical (unpaired) electrons. The molecule has 1 rings (SSSR count). The van der Waals surface area contributed by atoms with E-state index in [2.05, 4.69) is 15.2 Å². The minimum absolute atomic E-state index is 0.127. The highest BCUT2D eigenvalue weighted by Crippen LogP contribution is 2.32. The Balaban J connectivity index is 2.60. The lowest BCUT2D eigenvalue weighted by molar-refractivity contribution is -0.125. The molecule has 0 aliphatic rings. The van der Waals surface area contributed by atoms with Crippen LogP contribution in [0.25, 0.3) is 0 Å². The van der Waals surface area contributed by atoms with Crippen LogP contribution in [0.5, 0.6) is 0 Å². The normalized spacial score (nSPS) is 14.5. The Morgan fingerprint density at radius 3 is 2.46 bits per heavy atom. The summed E-state index contributed by atoms with van der Waals surface area (Å²) in [6.45, 7) is 2.71. The average molecular weight is 211 g/mol.